The maximum absolute atomic E-state index is 11.8. The van der Waals surface area contributed by atoms with Crippen LogP contribution >= 0.6 is 15.9 Å². The number of allylic oxidation sites excluding steroid dienone is 1. The lowest BCUT2D eigenvalue weighted by Gasteiger charge is -2.28. The van der Waals surface area contributed by atoms with Gasteiger partial charge < -0.3 is 10.6 Å². The minimum Gasteiger partial charge on any atom is -0.327 e. The molecule has 1 atom stereocenters. The van der Waals surface area contributed by atoms with E-state index in [0.29, 0.717) is 21.3 Å². The molecule has 8 heteroatoms. The van der Waals surface area contributed by atoms with Crippen molar-refractivity contribution in [3.8, 4) is 0 Å². The molecule has 7 nitrogen and oxygen atoms in total. The van der Waals surface area contributed by atoms with Crippen LogP contribution in [0.1, 0.15) is 25.5 Å². The molecule has 0 spiro atoms. The third kappa shape index (κ3) is 2.94. The molecule has 0 fully saturated rings. The number of halogens is 1. The summed E-state index contributed by atoms with van der Waals surface area (Å²) in [5, 5.41) is 16.1. The maximum Gasteiger partial charge on any atom is 0.319 e. The molecular weight excluding hydrogens is 342 g/mol. The summed E-state index contributed by atoms with van der Waals surface area (Å²) in [7, 11) is 0. The van der Waals surface area contributed by atoms with Gasteiger partial charge in [-0.3, -0.25) is 14.9 Å². The van der Waals surface area contributed by atoms with Gasteiger partial charge in [0, 0.05) is 17.3 Å². The van der Waals surface area contributed by atoms with Gasteiger partial charge in [-0.15, -0.1) is 0 Å². The molecule has 2 N–H and O–H groups in total. The second kappa shape index (κ2) is 5.65. The number of urea groups is 1. The fourth-order valence-electron chi connectivity index (χ4n) is 2.26. The predicted octanol–water partition coefficient (Wildman–Crippen LogP) is 2.57. The normalized spacial score (nSPS) is 18.0. The number of ketones is 1. The number of rotatable bonds is 3. The fourth-order valence-corrected chi connectivity index (χ4v) is 2.65. The van der Waals surface area contributed by atoms with Gasteiger partial charge in [0.05, 0.1) is 15.4 Å². The van der Waals surface area contributed by atoms with Gasteiger partial charge in [-0.05, 0) is 41.4 Å². The van der Waals surface area contributed by atoms with Crippen LogP contribution in [0, 0.1) is 10.1 Å². The van der Waals surface area contributed by atoms with E-state index in [4.69, 9.17) is 0 Å². The molecule has 1 aliphatic heterocycles. The van der Waals surface area contributed by atoms with Gasteiger partial charge in [-0.25, -0.2) is 4.79 Å². The summed E-state index contributed by atoms with van der Waals surface area (Å²) in [6.45, 7) is 3.01. The zero-order chi connectivity index (χ0) is 15.7. The van der Waals surface area contributed by atoms with E-state index in [1.54, 1.807) is 13.0 Å². The molecule has 0 aromatic heterocycles. The van der Waals surface area contributed by atoms with Gasteiger partial charge in [0.1, 0.15) is 0 Å². The lowest BCUT2D eigenvalue weighted by molar-refractivity contribution is -0.385. The van der Waals surface area contributed by atoms with Crippen molar-refractivity contribution >= 4 is 33.4 Å². The molecule has 1 aliphatic rings. The highest BCUT2D eigenvalue weighted by Gasteiger charge is 2.30. The third-order valence-electron chi connectivity index (χ3n) is 3.15. The molecule has 2 amide bonds. The van der Waals surface area contributed by atoms with Crippen LogP contribution in [0.4, 0.5) is 10.5 Å². The van der Waals surface area contributed by atoms with Crippen molar-refractivity contribution in [2.75, 3.05) is 0 Å². The third-order valence-corrected chi connectivity index (χ3v) is 3.82. The number of nitrogens with one attached hydrogen (secondary N) is 2. The second-order valence-corrected chi connectivity index (χ2v) is 5.45. The molecule has 0 saturated carbocycles. The highest BCUT2D eigenvalue weighted by Crippen LogP contribution is 2.32. The highest BCUT2D eigenvalue weighted by molar-refractivity contribution is 9.10. The number of benzene rings is 1. The molecule has 1 heterocycles. The van der Waals surface area contributed by atoms with E-state index >= 15 is 0 Å². The van der Waals surface area contributed by atoms with Gasteiger partial charge >= 0.3 is 6.03 Å². The molecule has 1 unspecified atom stereocenters. The molecule has 21 heavy (non-hydrogen) atoms. The number of hydrogen-bond donors (Lipinski definition) is 2. The van der Waals surface area contributed by atoms with E-state index in [1.807, 2.05) is 0 Å². The molecule has 110 valence electrons. The number of nitrogens with zero attached hydrogens (tertiary/aromatic N) is 1. The van der Waals surface area contributed by atoms with E-state index in [1.165, 1.54) is 19.1 Å². The number of nitro groups is 1. The standard InChI is InChI=1S/C13H12BrN3O4/c1-6-11(7(2)18)12(16-13(19)15-6)8-3-4-9(14)10(5-8)17(20)21/h3-5,12H,1-2H3,(H2,15,16,19). The number of nitro benzene ring substituents is 1. The Labute approximate surface area is 128 Å². The van der Waals surface area contributed by atoms with Gasteiger partial charge in [-0.1, -0.05) is 6.07 Å². The van der Waals surface area contributed by atoms with Gasteiger partial charge in [0.25, 0.3) is 5.69 Å². The zero-order valence-corrected chi connectivity index (χ0v) is 12.9. The molecule has 1 aromatic carbocycles. The van der Waals surface area contributed by atoms with Crippen molar-refractivity contribution in [2.24, 2.45) is 0 Å². The molecule has 1 aromatic rings. The summed E-state index contributed by atoms with van der Waals surface area (Å²) in [5.41, 5.74) is 1.18. The van der Waals surface area contributed by atoms with E-state index in [9.17, 15) is 19.7 Å². The Morgan fingerprint density at radius 2 is 2.10 bits per heavy atom. The lowest BCUT2D eigenvalue weighted by Crippen LogP contribution is -2.44. The number of carbonyl (C=O) groups is 2. The summed E-state index contributed by atoms with van der Waals surface area (Å²) >= 11 is 3.10. The van der Waals surface area contributed by atoms with Crippen LogP contribution < -0.4 is 10.6 Å². The van der Waals surface area contributed by atoms with Crippen molar-refractivity contribution in [2.45, 2.75) is 19.9 Å². The minimum atomic E-state index is -0.706. The predicted molar refractivity (Wildman–Crippen MR) is 78.6 cm³/mol. The van der Waals surface area contributed by atoms with Crippen LogP contribution in [0.2, 0.25) is 0 Å². The first-order chi connectivity index (χ1) is 9.81. The van der Waals surface area contributed by atoms with Gasteiger partial charge in [0.2, 0.25) is 0 Å². The van der Waals surface area contributed by atoms with Crippen molar-refractivity contribution in [1.29, 1.82) is 0 Å². The van der Waals surface area contributed by atoms with Crippen LogP contribution in [0.5, 0.6) is 0 Å². The molecule has 0 saturated heterocycles. The fraction of sp³-hybridized carbons (Fsp3) is 0.231. The van der Waals surface area contributed by atoms with Crippen LogP contribution in [0.3, 0.4) is 0 Å². The summed E-state index contributed by atoms with van der Waals surface area (Å²) in [5.74, 6) is -0.212. The number of amides is 2. The quantitative estimate of drug-likeness (QED) is 0.643. The van der Waals surface area contributed by atoms with Crippen molar-refractivity contribution in [3.05, 3.63) is 49.6 Å². The Kier molecular flexibility index (Phi) is 4.08. The van der Waals surface area contributed by atoms with E-state index in [-0.39, 0.29) is 11.5 Å². The summed E-state index contributed by atoms with van der Waals surface area (Å²) in [4.78, 5) is 33.9. The summed E-state index contributed by atoms with van der Waals surface area (Å²) in [6, 6.07) is 3.34. The summed E-state index contributed by atoms with van der Waals surface area (Å²) < 4.78 is 0.335. The first kappa shape index (κ1) is 15.2. The van der Waals surface area contributed by atoms with Gasteiger partial charge in [0.15, 0.2) is 5.78 Å². The average Bonchev–Trinajstić information content (AvgIpc) is 2.37. The van der Waals surface area contributed by atoms with Crippen LogP contribution in [-0.2, 0) is 4.79 Å². The zero-order valence-electron chi connectivity index (χ0n) is 11.3. The molecule has 0 radical (unpaired) electrons. The molecular formula is C13H12BrN3O4. The topological polar surface area (TPSA) is 101 Å². The minimum absolute atomic E-state index is 0.124. The van der Waals surface area contributed by atoms with Gasteiger partial charge in [-0.2, -0.15) is 0 Å². The second-order valence-electron chi connectivity index (χ2n) is 4.59. The van der Waals surface area contributed by atoms with Crippen LogP contribution in [0.25, 0.3) is 0 Å². The Morgan fingerprint density at radius 3 is 2.67 bits per heavy atom. The van der Waals surface area contributed by atoms with Crippen LogP contribution in [-0.4, -0.2) is 16.7 Å². The van der Waals surface area contributed by atoms with E-state index in [0.717, 1.165) is 0 Å². The highest BCUT2D eigenvalue weighted by atomic mass is 79.9. The van der Waals surface area contributed by atoms with E-state index in [2.05, 4.69) is 26.6 Å². The molecule has 0 aliphatic carbocycles. The number of carbonyl (C=O) groups excluding carboxylic acids is 2. The van der Waals surface area contributed by atoms with Crippen molar-refractivity contribution in [3.63, 3.8) is 0 Å². The Balaban J connectivity index is 2.56. The SMILES string of the molecule is CC(=O)C1=C(C)NC(=O)NC1c1ccc(Br)c([N+](=O)[O-])c1. The summed E-state index contributed by atoms with van der Waals surface area (Å²) in [6.07, 6.45) is 0. The molecule has 2 rings (SSSR count). The van der Waals surface area contributed by atoms with Crippen molar-refractivity contribution < 1.29 is 14.5 Å². The van der Waals surface area contributed by atoms with Crippen LogP contribution in [0.15, 0.2) is 33.9 Å². The number of hydrogen-bond acceptors (Lipinski definition) is 4. The molecule has 0 bridgehead atoms. The van der Waals surface area contributed by atoms with E-state index < -0.39 is 17.0 Å². The van der Waals surface area contributed by atoms with Crippen molar-refractivity contribution in [1.82, 2.24) is 10.6 Å². The maximum atomic E-state index is 11.8. The monoisotopic (exact) mass is 353 g/mol. The lowest BCUT2D eigenvalue weighted by atomic mass is 9.93. The Bertz CT molecular complexity index is 684. The smallest absolute Gasteiger partial charge is 0.319 e. The number of Topliss-reactive ketones (excluding diaryl/α,β-unsaturated/α-hetero) is 1. The average molecular weight is 354 g/mol. The largest absolute Gasteiger partial charge is 0.327 e. The Hall–Kier alpha value is -2.22. The Morgan fingerprint density at radius 1 is 1.43 bits per heavy atom. The first-order valence-electron chi connectivity index (χ1n) is 6.04. The first-order valence-corrected chi connectivity index (χ1v) is 6.83.